The van der Waals surface area contributed by atoms with Crippen molar-refractivity contribution in [2.45, 2.75) is 12.8 Å². The summed E-state index contributed by atoms with van der Waals surface area (Å²) in [6.45, 7) is 2.68. The van der Waals surface area contributed by atoms with E-state index in [4.69, 9.17) is 4.74 Å². The number of aryl methyl sites for hydroxylation is 1. The van der Waals surface area contributed by atoms with Crippen LogP contribution in [0, 0.1) is 0 Å². The number of hydrogen-bond donors (Lipinski definition) is 1. The Bertz CT molecular complexity index is 441. The van der Waals surface area contributed by atoms with Crippen LogP contribution >= 0.6 is 11.3 Å². The van der Waals surface area contributed by atoms with Crippen LogP contribution in [-0.4, -0.2) is 41.6 Å². The second-order valence-electron chi connectivity index (χ2n) is 3.95. The van der Waals surface area contributed by atoms with Crippen molar-refractivity contribution in [1.29, 1.82) is 0 Å². The molecule has 0 saturated heterocycles. The molecule has 0 unspecified atom stereocenters. The molecule has 0 bridgehead atoms. The summed E-state index contributed by atoms with van der Waals surface area (Å²) in [5.41, 5.74) is 1.25. The van der Waals surface area contributed by atoms with Gasteiger partial charge in [0.05, 0.1) is 12.8 Å². The van der Waals surface area contributed by atoms with Gasteiger partial charge in [0.25, 0.3) is 0 Å². The molecule has 2 aromatic heterocycles. The Labute approximate surface area is 111 Å². The molecular weight excluding hydrogens is 248 g/mol. The second-order valence-corrected chi connectivity index (χ2v) is 4.83. The molecule has 0 fully saturated rings. The standard InChI is InChI=1S/C12H18N4OS/c1-17-7-5-13-4-2-3-11-9-15-16(10-11)12-14-6-8-18-12/h6,8-10,13H,2-5,7H2,1H3. The lowest BCUT2D eigenvalue weighted by Gasteiger charge is -2.02. The van der Waals surface area contributed by atoms with E-state index in [-0.39, 0.29) is 0 Å². The zero-order valence-corrected chi connectivity index (χ0v) is 11.3. The van der Waals surface area contributed by atoms with Gasteiger partial charge in [-0.2, -0.15) is 5.10 Å². The Morgan fingerprint density at radius 3 is 3.17 bits per heavy atom. The van der Waals surface area contributed by atoms with Gasteiger partial charge in [-0.15, -0.1) is 11.3 Å². The van der Waals surface area contributed by atoms with Gasteiger partial charge in [0.15, 0.2) is 0 Å². The first-order chi connectivity index (χ1) is 8.90. The number of aromatic nitrogens is 3. The molecule has 2 rings (SSSR count). The van der Waals surface area contributed by atoms with Crippen LogP contribution in [0.2, 0.25) is 0 Å². The minimum atomic E-state index is 0.766. The van der Waals surface area contributed by atoms with Crippen molar-refractivity contribution in [1.82, 2.24) is 20.1 Å². The maximum atomic E-state index is 4.97. The van der Waals surface area contributed by atoms with E-state index in [1.165, 1.54) is 5.56 Å². The molecule has 5 nitrogen and oxygen atoms in total. The van der Waals surface area contributed by atoms with Crippen LogP contribution in [0.15, 0.2) is 24.0 Å². The molecule has 0 aliphatic carbocycles. The summed E-state index contributed by atoms with van der Waals surface area (Å²) in [6, 6.07) is 0. The van der Waals surface area contributed by atoms with Crippen molar-refractivity contribution in [3.8, 4) is 5.13 Å². The smallest absolute Gasteiger partial charge is 0.210 e. The predicted octanol–water partition coefficient (Wildman–Crippen LogP) is 1.50. The number of nitrogens with zero attached hydrogens (tertiary/aromatic N) is 3. The van der Waals surface area contributed by atoms with Gasteiger partial charge in [-0.1, -0.05) is 0 Å². The zero-order valence-electron chi connectivity index (χ0n) is 10.5. The number of nitrogens with one attached hydrogen (secondary N) is 1. The number of thiazole rings is 1. The van der Waals surface area contributed by atoms with E-state index >= 15 is 0 Å². The lowest BCUT2D eigenvalue weighted by atomic mass is 10.2. The zero-order chi connectivity index (χ0) is 12.6. The third kappa shape index (κ3) is 3.90. The van der Waals surface area contributed by atoms with Crippen LogP contribution in [0.3, 0.4) is 0 Å². The summed E-state index contributed by atoms with van der Waals surface area (Å²) in [6.07, 6.45) is 7.89. The van der Waals surface area contributed by atoms with Crippen LogP contribution < -0.4 is 5.32 Å². The summed E-state index contributed by atoms with van der Waals surface area (Å²) < 4.78 is 6.80. The number of hydrogen-bond acceptors (Lipinski definition) is 5. The molecule has 0 saturated carbocycles. The van der Waals surface area contributed by atoms with Crippen molar-refractivity contribution in [3.63, 3.8) is 0 Å². The van der Waals surface area contributed by atoms with Gasteiger partial charge in [0, 0.05) is 31.4 Å². The van der Waals surface area contributed by atoms with Crippen LogP contribution in [-0.2, 0) is 11.2 Å². The largest absolute Gasteiger partial charge is 0.383 e. The summed E-state index contributed by atoms with van der Waals surface area (Å²) in [5.74, 6) is 0. The van der Waals surface area contributed by atoms with Crippen molar-refractivity contribution >= 4 is 11.3 Å². The topological polar surface area (TPSA) is 52.0 Å². The molecule has 0 aliphatic rings. The molecule has 6 heteroatoms. The van der Waals surface area contributed by atoms with E-state index in [1.807, 2.05) is 22.5 Å². The van der Waals surface area contributed by atoms with Crippen LogP contribution in [0.1, 0.15) is 12.0 Å². The lowest BCUT2D eigenvalue weighted by molar-refractivity contribution is 0.199. The quantitative estimate of drug-likeness (QED) is 0.736. The summed E-state index contributed by atoms with van der Waals surface area (Å²) in [4.78, 5) is 4.22. The molecule has 0 radical (unpaired) electrons. The molecule has 0 atom stereocenters. The Kier molecular flexibility index (Phi) is 5.32. The fourth-order valence-electron chi connectivity index (χ4n) is 1.64. The highest BCUT2D eigenvalue weighted by atomic mass is 32.1. The van der Waals surface area contributed by atoms with Crippen molar-refractivity contribution in [2.75, 3.05) is 26.8 Å². The Hall–Kier alpha value is -1.24. The lowest BCUT2D eigenvalue weighted by Crippen LogP contribution is -2.20. The molecule has 98 valence electrons. The summed E-state index contributed by atoms with van der Waals surface area (Å²) in [5, 5.41) is 10.5. The summed E-state index contributed by atoms with van der Waals surface area (Å²) in [7, 11) is 1.72. The average Bonchev–Trinajstić information content (AvgIpc) is 3.03. The number of rotatable bonds is 8. The maximum Gasteiger partial charge on any atom is 0.210 e. The maximum absolute atomic E-state index is 4.97. The van der Waals surface area contributed by atoms with Crippen LogP contribution in [0.4, 0.5) is 0 Å². The van der Waals surface area contributed by atoms with E-state index in [9.17, 15) is 0 Å². The highest BCUT2D eigenvalue weighted by Crippen LogP contribution is 2.11. The summed E-state index contributed by atoms with van der Waals surface area (Å²) >= 11 is 1.59. The van der Waals surface area contributed by atoms with Crippen molar-refractivity contribution in [3.05, 3.63) is 29.5 Å². The molecular formula is C12H18N4OS. The van der Waals surface area contributed by atoms with E-state index in [0.717, 1.165) is 37.7 Å². The predicted molar refractivity (Wildman–Crippen MR) is 72.3 cm³/mol. The van der Waals surface area contributed by atoms with Gasteiger partial charge >= 0.3 is 0 Å². The Morgan fingerprint density at radius 1 is 1.44 bits per heavy atom. The van der Waals surface area contributed by atoms with Gasteiger partial charge in [-0.25, -0.2) is 9.67 Å². The number of methoxy groups -OCH3 is 1. The minimum absolute atomic E-state index is 0.766. The SMILES string of the molecule is COCCNCCCc1cnn(-c2nccs2)c1. The molecule has 1 N–H and O–H groups in total. The van der Waals surface area contributed by atoms with E-state index in [2.05, 4.69) is 15.4 Å². The molecule has 2 heterocycles. The first kappa shape index (κ1) is 13.2. The first-order valence-electron chi connectivity index (χ1n) is 6.03. The monoisotopic (exact) mass is 266 g/mol. The third-order valence-electron chi connectivity index (χ3n) is 2.55. The highest BCUT2D eigenvalue weighted by Gasteiger charge is 2.02. The highest BCUT2D eigenvalue weighted by molar-refractivity contribution is 7.12. The van der Waals surface area contributed by atoms with Gasteiger partial charge in [-0.05, 0) is 24.9 Å². The van der Waals surface area contributed by atoms with E-state index in [0.29, 0.717) is 0 Å². The molecule has 0 aromatic carbocycles. The molecule has 18 heavy (non-hydrogen) atoms. The Morgan fingerprint density at radius 2 is 2.39 bits per heavy atom. The number of ether oxygens (including phenoxy) is 1. The van der Waals surface area contributed by atoms with E-state index in [1.54, 1.807) is 24.6 Å². The molecule has 2 aromatic rings. The van der Waals surface area contributed by atoms with Gasteiger partial charge in [0.2, 0.25) is 5.13 Å². The first-order valence-corrected chi connectivity index (χ1v) is 6.91. The van der Waals surface area contributed by atoms with Crippen molar-refractivity contribution in [2.24, 2.45) is 0 Å². The van der Waals surface area contributed by atoms with Crippen molar-refractivity contribution < 1.29 is 4.74 Å². The Balaban J connectivity index is 1.71. The fourth-order valence-corrected chi connectivity index (χ4v) is 2.21. The average molecular weight is 266 g/mol. The third-order valence-corrected chi connectivity index (χ3v) is 3.31. The van der Waals surface area contributed by atoms with Crippen LogP contribution in [0.5, 0.6) is 0 Å². The molecule has 0 aliphatic heterocycles. The molecule has 0 spiro atoms. The van der Waals surface area contributed by atoms with Crippen LogP contribution in [0.25, 0.3) is 5.13 Å². The second kappa shape index (κ2) is 7.25. The molecule has 0 amide bonds. The van der Waals surface area contributed by atoms with Gasteiger partial charge in [-0.3, -0.25) is 0 Å². The fraction of sp³-hybridized carbons (Fsp3) is 0.500. The van der Waals surface area contributed by atoms with E-state index < -0.39 is 0 Å². The minimum Gasteiger partial charge on any atom is -0.383 e. The normalized spacial score (nSPS) is 10.9. The van der Waals surface area contributed by atoms with Gasteiger partial charge in [0.1, 0.15) is 0 Å². The van der Waals surface area contributed by atoms with Gasteiger partial charge < -0.3 is 10.1 Å².